The molecule has 20 heavy (non-hydrogen) atoms. The van der Waals surface area contributed by atoms with Crippen molar-refractivity contribution in [3.05, 3.63) is 39.8 Å². The molecule has 0 bridgehead atoms. The molecule has 1 aliphatic heterocycles. The summed E-state index contributed by atoms with van der Waals surface area (Å²) < 4.78 is 5.86. The van der Waals surface area contributed by atoms with E-state index in [0.29, 0.717) is 22.6 Å². The molecule has 1 aliphatic rings. The third-order valence-electron chi connectivity index (χ3n) is 3.41. The summed E-state index contributed by atoms with van der Waals surface area (Å²) in [5, 5.41) is 1.15. The molecule has 2 nitrogen and oxygen atoms in total. The molecule has 0 aliphatic carbocycles. The summed E-state index contributed by atoms with van der Waals surface area (Å²) in [6.07, 6.45) is 4.52. The minimum Gasteiger partial charge on any atom is -0.485 e. The standard InChI is InChI=1S/C16H22ClNOS/c1-4-12-6-8-15(20-12)11-5-7-14(13(17)9-11)19-16(2,3)10-18/h5-7,9,15H,4,8,10,18H2,1-3H3. The molecule has 1 heterocycles. The molecule has 110 valence electrons. The first-order valence-electron chi connectivity index (χ1n) is 6.99. The summed E-state index contributed by atoms with van der Waals surface area (Å²) in [7, 11) is 0. The number of thioether (sulfide) groups is 1. The number of rotatable bonds is 5. The highest BCUT2D eigenvalue weighted by Gasteiger charge is 2.22. The van der Waals surface area contributed by atoms with Gasteiger partial charge in [0.1, 0.15) is 11.4 Å². The molecule has 0 aromatic heterocycles. The summed E-state index contributed by atoms with van der Waals surface area (Å²) in [6.45, 7) is 6.57. The second-order valence-corrected chi connectivity index (χ2v) is 7.36. The van der Waals surface area contributed by atoms with E-state index in [2.05, 4.69) is 19.1 Å². The molecular formula is C16H22ClNOS. The van der Waals surface area contributed by atoms with Gasteiger partial charge in [-0.3, -0.25) is 0 Å². The highest BCUT2D eigenvalue weighted by molar-refractivity contribution is 8.03. The van der Waals surface area contributed by atoms with Crippen molar-refractivity contribution in [2.24, 2.45) is 5.73 Å². The topological polar surface area (TPSA) is 35.2 Å². The van der Waals surface area contributed by atoms with Crippen LogP contribution >= 0.6 is 23.4 Å². The van der Waals surface area contributed by atoms with Gasteiger partial charge in [0.2, 0.25) is 0 Å². The molecule has 2 N–H and O–H groups in total. The van der Waals surface area contributed by atoms with E-state index < -0.39 is 5.60 Å². The van der Waals surface area contributed by atoms with E-state index in [4.69, 9.17) is 22.1 Å². The number of benzene rings is 1. The molecule has 1 atom stereocenters. The van der Waals surface area contributed by atoms with Crippen molar-refractivity contribution in [1.82, 2.24) is 0 Å². The fourth-order valence-corrected chi connectivity index (χ4v) is 3.52. The highest BCUT2D eigenvalue weighted by atomic mass is 35.5. The minimum absolute atomic E-state index is 0.399. The Morgan fingerprint density at radius 2 is 2.20 bits per heavy atom. The van der Waals surface area contributed by atoms with Gasteiger partial charge in [0.15, 0.2) is 0 Å². The van der Waals surface area contributed by atoms with Crippen molar-refractivity contribution in [3.63, 3.8) is 0 Å². The van der Waals surface area contributed by atoms with Gasteiger partial charge >= 0.3 is 0 Å². The fraction of sp³-hybridized carbons (Fsp3) is 0.500. The lowest BCUT2D eigenvalue weighted by Crippen LogP contribution is -2.37. The average Bonchev–Trinajstić information content (AvgIpc) is 2.90. The second kappa shape index (κ2) is 6.42. The summed E-state index contributed by atoms with van der Waals surface area (Å²) in [5.74, 6) is 0.706. The number of halogens is 1. The van der Waals surface area contributed by atoms with Crippen LogP contribution in [0.4, 0.5) is 0 Å². The average molecular weight is 312 g/mol. The zero-order valence-corrected chi connectivity index (χ0v) is 13.9. The lowest BCUT2D eigenvalue weighted by molar-refractivity contribution is 0.119. The van der Waals surface area contributed by atoms with E-state index in [1.807, 2.05) is 37.7 Å². The lowest BCUT2D eigenvalue weighted by atomic mass is 10.1. The highest BCUT2D eigenvalue weighted by Crippen LogP contribution is 2.46. The Balaban J connectivity index is 2.11. The predicted molar refractivity (Wildman–Crippen MR) is 88.5 cm³/mol. The molecule has 0 saturated heterocycles. The molecule has 1 unspecified atom stereocenters. The first-order chi connectivity index (χ1) is 9.45. The Morgan fingerprint density at radius 3 is 2.75 bits per heavy atom. The predicted octanol–water partition coefficient (Wildman–Crippen LogP) is 4.93. The number of allylic oxidation sites excluding steroid dienone is 2. The van der Waals surface area contributed by atoms with Crippen molar-refractivity contribution in [2.45, 2.75) is 44.5 Å². The maximum absolute atomic E-state index is 6.35. The van der Waals surface area contributed by atoms with Crippen LogP contribution in [0.2, 0.25) is 5.02 Å². The lowest BCUT2D eigenvalue weighted by Gasteiger charge is -2.25. The van der Waals surface area contributed by atoms with Gasteiger partial charge in [0, 0.05) is 11.8 Å². The molecule has 0 fully saturated rings. The maximum atomic E-state index is 6.35. The van der Waals surface area contributed by atoms with Crippen molar-refractivity contribution in [1.29, 1.82) is 0 Å². The summed E-state index contributed by atoms with van der Waals surface area (Å²) in [4.78, 5) is 1.47. The van der Waals surface area contributed by atoms with Crippen molar-refractivity contribution < 1.29 is 4.74 Å². The SMILES string of the molecule is CCC1=CCC(c2ccc(OC(C)(C)CN)c(Cl)c2)S1. The van der Waals surface area contributed by atoms with Crippen molar-refractivity contribution in [2.75, 3.05) is 6.54 Å². The van der Waals surface area contributed by atoms with Crippen LogP contribution in [0.15, 0.2) is 29.2 Å². The molecule has 4 heteroatoms. The van der Waals surface area contributed by atoms with Gasteiger partial charge in [0.05, 0.1) is 5.02 Å². The molecule has 1 aromatic carbocycles. The summed E-state index contributed by atoms with van der Waals surface area (Å²) >= 11 is 8.29. The van der Waals surface area contributed by atoms with E-state index in [9.17, 15) is 0 Å². The van der Waals surface area contributed by atoms with E-state index in [-0.39, 0.29) is 0 Å². The Labute approximate surface area is 130 Å². The Bertz CT molecular complexity index is 513. The van der Waals surface area contributed by atoms with E-state index in [0.717, 1.165) is 12.8 Å². The second-order valence-electron chi connectivity index (χ2n) is 5.62. The fourth-order valence-electron chi connectivity index (χ4n) is 2.09. The Hall–Kier alpha value is -0.640. The van der Waals surface area contributed by atoms with E-state index in [1.165, 1.54) is 10.5 Å². The largest absolute Gasteiger partial charge is 0.485 e. The van der Waals surface area contributed by atoms with Gasteiger partial charge in [0.25, 0.3) is 0 Å². The Kier molecular flexibility index (Phi) is 5.05. The quantitative estimate of drug-likeness (QED) is 0.837. The van der Waals surface area contributed by atoms with Gasteiger partial charge in [-0.25, -0.2) is 0 Å². The van der Waals surface area contributed by atoms with Crippen molar-refractivity contribution >= 4 is 23.4 Å². The molecule has 0 saturated carbocycles. The minimum atomic E-state index is -0.399. The van der Waals surface area contributed by atoms with Crippen LogP contribution < -0.4 is 10.5 Å². The van der Waals surface area contributed by atoms with E-state index in [1.54, 1.807) is 0 Å². The number of hydrogen-bond donors (Lipinski definition) is 1. The molecule has 2 rings (SSSR count). The number of hydrogen-bond acceptors (Lipinski definition) is 3. The molecular weight excluding hydrogens is 290 g/mol. The maximum Gasteiger partial charge on any atom is 0.138 e. The van der Waals surface area contributed by atoms with E-state index >= 15 is 0 Å². The third-order valence-corrected chi connectivity index (χ3v) is 5.21. The monoisotopic (exact) mass is 311 g/mol. The third kappa shape index (κ3) is 3.72. The molecule has 1 aromatic rings. The number of nitrogens with two attached hydrogens (primary N) is 1. The van der Waals surface area contributed by atoms with Crippen molar-refractivity contribution in [3.8, 4) is 5.75 Å². The van der Waals surface area contributed by atoms with Gasteiger partial charge in [-0.15, -0.1) is 11.8 Å². The summed E-state index contributed by atoms with van der Waals surface area (Å²) in [6, 6.07) is 6.09. The Morgan fingerprint density at radius 1 is 1.45 bits per heavy atom. The molecule has 0 radical (unpaired) electrons. The van der Waals surface area contributed by atoms with Crippen LogP contribution in [0.1, 0.15) is 44.4 Å². The molecule has 0 spiro atoms. The van der Waals surface area contributed by atoms with Crippen LogP contribution in [-0.4, -0.2) is 12.1 Å². The number of ether oxygens (including phenoxy) is 1. The van der Waals surface area contributed by atoms with Crippen LogP contribution in [0, 0.1) is 0 Å². The first kappa shape index (κ1) is 15.7. The van der Waals surface area contributed by atoms with Gasteiger partial charge in [-0.2, -0.15) is 0 Å². The van der Waals surface area contributed by atoms with Crippen LogP contribution in [0.5, 0.6) is 5.75 Å². The van der Waals surface area contributed by atoms with Gasteiger partial charge in [-0.05, 0) is 49.3 Å². The van der Waals surface area contributed by atoms with Crippen LogP contribution in [0.25, 0.3) is 0 Å². The van der Waals surface area contributed by atoms with Gasteiger partial charge < -0.3 is 10.5 Å². The zero-order chi connectivity index (χ0) is 14.8. The normalized spacial score (nSPS) is 19.1. The molecule has 0 amide bonds. The zero-order valence-electron chi connectivity index (χ0n) is 12.3. The first-order valence-corrected chi connectivity index (χ1v) is 8.25. The van der Waals surface area contributed by atoms with Gasteiger partial charge in [-0.1, -0.05) is 30.7 Å². The van der Waals surface area contributed by atoms with Crippen LogP contribution in [0.3, 0.4) is 0 Å². The smallest absolute Gasteiger partial charge is 0.138 e. The van der Waals surface area contributed by atoms with Crippen LogP contribution in [-0.2, 0) is 0 Å². The summed E-state index contributed by atoms with van der Waals surface area (Å²) in [5.41, 5.74) is 6.55.